The summed E-state index contributed by atoms with van der Waals surface area (Å²) in [7, 11) is 1.76. The molecule has 31 heavy (non-hydrogen) atoms. The molecule has 8 heteroatoms. The zero-order chi connectivity index (χ0) is 22.3. The molecule has 2 saturated heterocycles. The lowest BCUT2D eigenvalue weighted by Crippen LogP contribution is -2.56. The molecule has 2 fully saturated rings. The van der Waals surface area contributed by atoms with Crippen molar-refractivity contribution >= 4 is 11.6 Å². The minimum Gasteiger partial charge on any atom is -0.379 e. The van der Waals surface area contributed by atoms with Crippen LogP contribution >= 0.6 is 0 Å². The van der Waals surface area contributed by atoms with Gasteiger partial charge < -0.3 is 25.2 Å². The van der Waals surface area contributed by atoms with E-state index in [9.17, 15) is 4.39 Å². The molecule has 0 saturated carbocycles. The molecule has 0 bridgehead atoms. The summed E-state index contributed by atoms with van der Waals surface area (Å²) in [6.07, 6.45) is 0. The third-order valence-corrected chi connectivity index (χ3v) is 6.41. The van der Waals surface area contributed by atoms with Crippen LogP contribution < -0.4 is 15.5 Å². The highest BCUT2D eigenvalue weighted by Crippen LogP contribution is 2.22. The number of guanidine groups is 1. The number of piperazine rings is 1. The van der Waals surface area contributed by atoms with E-state index in [-0.39, 0.29) is 11.4 Å². The van der Waals surface area contributed by atoms with Gasteiger partial charge in [0.1, 0.15) is 5.82 Å². The first-order valence-electron chi connectivity index (χ1n) is 11.5. The first-order chi connectivity index (χ1) is 14.9. The Morgan fingerprint density at radius 3 is 2.42 bits per heavy atom. The van der Waals surface area contributed by atoms with E-state index in [1.807, 2.05) is 12.1 Å². The first-order valence-corrected chi connectivity index (χ1v) is 11.5. The number of morpholine rings is 1. The maximum absolute atomic E-state index is 14.8. The highest BCUT2D eigenvalue weighted by molar-refractivity contribution is 5.79. The zero-order valence-corrected chi connectivity index (χ0v) is 19.6. The SMILES string of the molecule is CCN1CCN(c2ccc(CNC(=NC)NCC(C)(C)N3CCOCC3)cc2F)CC1. The fourth-order valence-corrected chi connectivity index (χ4v) is 4.21. The average molecular weight is 435 g/mol. The van der Waals surface area contributed by atoms with Gasteiger partial charge >= 0.3 is 0 Å². The first kappa shape index (κ1) is 23.8. The number of anilines is 1. The lowest BCUT2D eigenvalue weighted by molar-refractivity contribution is -0.00834. The summed E-state index contributed by atoms with van der Waals surface area (Å²) in [6, 6.07) is 5.55. The second kappa shape index (κ2) is 11.1. The molecular formula is C23H39FN6O. The molecule has 0 atom stereocenters. The molecule has 3 rings (SSSR count). The summed E-state index contributed by atoms with van der Waals surface area (Å²) >= 11 is 0. The molecule has 0 unspecified atom stereocenters. The van der Waals surface area contributed by atoms with Gasteiger partial charge in [0.2, 0.25) is 0 Å². The molecule has 2 aliphatic rings. The molecule has 0 amide bonds. The van der Waals surface area contributed by atoms with Gasteiger partial charge in [-0.3, -0.25) is 9.89 Å². The van der Waals surface area contributed by atoms with Gasteiger partial charge in [-0.25, -0.2) is 4.39 Å². The zero-order valence-electron chi connectivity index (χ0n) is 19.6. The number of hydrogen-bond acceptors (Lipinski definition) is 5. The number of benzene rings is 1. The number of halogens is 1. The molecule has 2 heterocycles. The summed E-state index contributed by atoms with van der Waals surface area (Å²) in [5, 5.41) is 6.72. The number of rotatable bonds is 7. The Morgan fingerprint density at radius 1 is 1.10 bits per heavy atom. The standard InChI is InChI=1S/C23H39FN6O/c1-5-28-8-10-29(11-9-28)21-7-6-19(16-20(21)24)17-26-22(25-4)27-18-23(2,3)30-12-14-31-15-13-30/h6-7,16H,5,8-15,17-18H2,1-4H3,(H2,25,26,27). The van der Waals surface area contributed by atoms with Gasteiger partial charge in [-0.05, 0) is 38.1 Å². The van der Waals surface area contributed by atoms with Crippen molar-refractivity contribution in [3.63, 3.8) is 0 Å². The molecule has 0 radical (unpaired) electrons. The maximum atomic E-state index is 14.8. The summed E-state index contributed by atoms with van der Waals surface area (Å²) in [6.45, 7) is 16.2. The summed E-state index contributed by atoms with van der Waals surface area (Å²) in [5.41, 5.74) is 1.61. The quantitative estimate of drug-likeness (QED) is 0.504. The second-order valence-corrected chi connectivity index (χ2v) is 8.90. The van der Waals surface area contributed by atoms with E-state index in [0.717, 1.165) is 77.1 Å². The Labute approximate surface area is 186 Å². The van der Waals surface area contributed by atoms with Crippen LogP contribution in [0.4, 0.5) is 10.1 Å². The van der Waals surface area contributed by atoms with Gasteiger partial charge in [-0.2, -0.15) is 0 Å². The highest BCUT2D eigenvalue weighted by atomic mass is 19.1. The van der Waals surface area contributed by atoms with Gasteiger partial charge in [0.15, 0.2) is 5.96 Å². The van der Waals surface area contributed by atoms with E-state index < -0.39 is 0 Å². The smallest absolute Gasteiger partial charge is 0.191 e. The molecule has 2 aliphatic heterocycles. The monoisotopic (exact) mass is 434 g/mol. The van der Waals surface area contributed by atoms with Gasteiger partial charge in [0.25, 0.3) is 0 Å². The molecule has 0 spiro atoms. The van der Waals surface area contributed by atoms with Crippen LogP contribution in [0.1, 0.15) is 26.3 Å². The van der Waals surface area contributed by atoms with Crippen LogP contribution in [0, 0.1) is 5.82 Å². The number of nitrogens with one attached hydrogen (secondary N) is 2. The fraction of sp³-hybridized carbons (Fsp3) is 0.696. The minimum absolute atomic E-state index is 0.00302. The highest BCUT2D eigenvalue weighted by Gasteiger charge is 2.28. The topological polar surface area (TPSA) is 55.4 Å². The molecule has 0 aliphatic carbocycles. The normalized spacial score (nSPS) is 19.5. The van der Waals surface area contributed by atoms with E-state index in [2.05, 4.69) is 51.1 Å². The minimum atomic E-state index is -0.152. The van der Waals surface area contributed by atoms with Gasteiger partial charge in [-0.1, -0.05) is 13.0 Å². The molecule has 7 nitrogen and oxygen atoms in total. The van der Waals surface area contributed by atoms with Crippen molar-refractivity contribution in [3.05, 3.63) is 29.6 Å². The van der Waals surface area contributed by atoms with Crippen molar-refractivity contribution in [2.24, 2.45) is 4.99 Å². The van der Waals surface area contributed by atoms with Crippen LogP contribution in [0.3, 0.4) is 0 Å². The Bertz CT molecular complexity index is 727. The lowest BCUT2D eigenvalue weighted by Gasteiger charge is -2.41. The van der Waals surface area contributed by atoms with E-state index >= 15 is 0 Å². The number of ether oxygens (including phenoxy) is 1. The summed E-state index contributed by atoms with van der Waals surface area (Å²) in [4.78, 5) is 11.3. The molecule has 174 valence electrons. The van der Waals surface area contributed by atoms with Crippen molar-refractivity contribution in [2.75, 3.05) is 77.5 Å². The van der Waals surface area contributed by atoms with Crippen LogP contribution in [-0.2, 0) is 11.3 Å². The van der Waals surface area contributed by atoms with Crippen molar-refractivity contribution in [3.8, 4) is 0 Å². The largest absolute Gasteiger partial charge is 0.379 e. The van der Waals surface area contributed by atoms with Crippen molar-refractivity contribution in [1.29, 1.82) is 0 Å². The van der Waals surface area contributed by atoms with Crippen LogP contribution in [-0.4, -0.2) is 93.9 Å². The van der Waals surface area contributed by atoms with Gasteiger partial charge in [0, 0.05) is 64.9 Å². The second-order valence-electron chi connectivity index (χ2n) is 8.90. The van der Waals surface area contributed by atoms with Crippen molar-refractivity contribution in [2.45, 2.75) is 32.9 Å². The lowest BCUT2D eigenvalue weighted by atomic mass is 10.0. The van der Waals surface area contributed by atoms with Gasteiger partial charge in [0.05, 0.1) is 18.9 Å². The van der Waals surface area contributed by atoms with Crippen LogP contribution in [0.15, 0.2) is 23.2 Å². The molecule has 2 N–H and O–H groups in total. The number of likely N-dealkylation sites (N-methyl/N-ethyl adjacent to an activating group) is 1. The number of nitrogens with zero attached hydrogens (tertiary/aromatic N) is 4. The van der Waals surface area contributed by atoms with Gasteiger partial charge in [-0.15, -0.1) is 0 Å². The third-order valence-electron chi connectivity index (χ3n) is 6.41. The number of aliphatic imine (C=N–C) groups is 1. The Morgan fingerprint density at radius 2 is 1.81 bits per heavy atom. The van der Waals surface area contributed by atoms with Crippen LogP contribution in [0.2, 0.25) is 0 Å². The van der Waals surface area contributed by atoms with Crippen LogP contribution in [0.25, 0.3) is 0 Å². The average Bonchev–Trinajstić information content (AvgIpc) is 2.80. The van der Waals surface area contributed by atoms with Crippen LogP contribution in [0.5, 0.6) is 0 Å². The summed E-state index contributed by atoms with van der Waals surface area (Å²) < 4.78 is 20.2. The third kappa shape index (κ3) is 6.54. The molecule has 0 aromatic heterocycles. The predicted octanol–water partition coefficient (Wildman–Crippen LogP) is 1.74. The van der Waals surface area contributed by atoms with E-state index in [0.29, 0.717) is 12.2 Å². The van der Waals surface area contributed by atoms with E-state index in [1.165, 1.54) is 0 Å². The van der Waals surface area contributed by atoms with Crippen molar-refractivity contribution < 1.29 is 9.13 Å². The van der Waals surface area contributed by atoms with Crippen molar-refractivity contribution in [1.82, 2.24) is 20.4 Å². The maximum Gasteiger partial charge on any atom is 0.191 e. The Balaban J connectivity index is 1.49. The Hall–Kier alpha value is -1.90. The number of hydrogen-bond donors (Lipinski definition) is 2. The summed E-state index contributed by atoms with van der Waals surface area (Å²) in [5.74, 6) is 0.571. The Kier molecular flexibility index (Phi) is 8.51. The fourth-order valence-electron chi connectivity index (χ4n) is 4.21. The van der Waals surface area contributed by atoms with E-state index in [1.54, 1.807) is 13.1 Å². The molecule has 1 aromatic rings. The predicted molar refractivity (Wildman–Crippen MR) is 125 cm³/mol. The molecular weight excluding hydrogens is 395 g/mol. The molecule has 1 aromatic carbocycles. The van der Waals surface area contributed by atoms with E-state index in [4.69, 9.17) is 4.74 Å².